The highest BCUT2D eigenvalue weighted by Gasteiger charge is 2.30. The van der Waals surface area contributed by atoms with Crippen molar-refractivity contribution in [1.82, 2.24) is 0 Å². The third kappa shape index (κ3) is 3.57. The number of benzene rings is 1. The first-order chi connectivity index (χ1) is 6.95. The maximum Gasteiger partial charge on any atom is 0.416 e. The lowest BCUT2D eigenvalue weighted by molar-refractivity contribution is -0.137. The lowest BCUT2D eigenvalue weighted by Crippen LogP contribution is -2.04. The van der Waals surface area contributed by atoms with Gasteiger partial charge in [0.2, 0.25) is 0 Å². The Morgan fingerprint density at radius 3 is 2.47 bits per heavy atom. The maximum atomic E-state index is 12.3. The van der Waals surface area contributed by atoms with Crippen molar-refractivity contribution < 1.29 is 13.2 Å². The fraction of sp³-hybridized carbons (Fsp3) is 0.200. The molecule has 0 bridgehead atoms. The summed E-state index contributed by atoms with van der Waals surface area (Å²) in [4.78, 5) is 0. The van der Waals surface area contributed by atoms with Gasteiger partial charge in [0.05, 0.1) is 5.56 Å². The molecule has 0 saturated heterocycles. The first kappa shape index (κ1) is 12.6. The van der Waals surface area contributed by atoms with E-state index in [2.05, 4.69) is 28.6 Å². The van der Waals surface area contributed by atoms with Crippen molar-refractivity contribution in [1.29, 1.82) is 0 Å². The molecule has 0 unspecified atom stereocenters. The Morgan fingerprint density at radius 1 is 1.33 bits per heavy atom. The van der Waals surface area contributed by atoms with E-state index in [0.29, 0.717) is 15.8 Å². The van der Waals surface area contributed by atoms with Gasteiger partial charge in [-0.3, -0.25) is 0 Å². The van der Waals surface area contributed by atoms with E-state index >= 15 is 0 Å². The van der Waals surface area contributed by atoms with Gasteiger partial charge in [0.1, 0.15) is 0 Å². The van der Waals surface area contributed by atoms with Crippen molar-refractivity contribution >= 4 is 34.6 Å². The zero-order chi connectivity index (χ0) is 11.5. The molecule has 82 valence electrons. The van der Waals surface area contributed by atoms with Crippen LogP contribution in [0.4, 0.5) is 13.2 Å². The summed E-state index contributed by atoms with van der Waals surface area (Å²) in [5.74, 6) is 0.549. The molecule has 0 aromatic heterocycles. The van der Waals surface area contributed by atoms with Gasteiger partial charge in [-0.2, -0.15) is 25.8 Å². The molecule has 5 heteroatoms. The molecule has 0 heterocycles. The molecular weight excluding hydrogens is 289 g/mol. The van der Waals surface area contributed by atoms with Crippen LogP contribution in [-0.2, 0) is 6.18 Å². The lowest BCUT2D eigenvalue weighted by Gasteiger charge is -2.08. The molecule has 0 aliphatic heterocycles. The number of thiol groups is 1. The summed E-state index contributed by atoms with van der Waals surface area (Å²) in [5.41, 5.74) is 0.0504. The van der Waals surface area contributed by atoms with Crippen LogP contribution in [-0.4, -0.2) is 5.75 Å². The van der Waals surface area contributed by atoms with Gasteiger partial charge < -0.3 is 0 Å². The van der Waals surface area contributed by atoms with Crippen LogP contribution in [0.2, 0.25) is 0 Å². The molecule has 0 nitrogen and oxygen atoms in total. The number of hydrogen-bond acceptors (Lipinski definition) is 1. The van der Waals surface area contributed by atoms with E-state index < -0.39 is 11.7 Å². The summed E-state index contributed by atoms with van der Waals surface area (Å²) in [6.07, 6.45) is -0.817. The number of rotatable bonds is 2. The highest BCUT2D eigenvalue weighted by atomic mass is 79.9. The SMILES string of the molecule is FC(F)(F)c1ccc(C=CCS)c(Br)c1. The summed E-state index contributed by atoms with van der Waals surface area (Å²) in [6, 6.07) is 3.55. The minimum atomic E-state index is -4.30. The number of halogens is 4. The zero-order valence-corrected chi connectivity index (χ0v) is 10.0. The van der Waals surface area contributed by atoms with Crippen LogP contribution in [0.3, 0.4) is 0 Å². The van der Waals surface area contributed by atoms with Gasteiger partial charge in [0.25, 0.3) is 0 Å². The van der Waals surface area contributed by atoms with Gasteiger partial charge in [-0.1, -0.05) is 34.1 Å². The quantitative estimate of drug-likeness (QED) is 0.768. The van der Waals surface area contributed by atoms with Crippen LogP contribution in [0, 0.1) is 0 Å². The topological polar surface area (TPSA) is 0 Å². The third-order valence-electron chi connectivity index (χ3n) is 1.73. The first-order valence-electron chi connectivity index (χ1n) is 4.09. The average molecular weight is 297 g/mol. The third-order valence-corrected chi connectivity index (χ3v) is 2.63. The van der Waals surface area contributed by atoms with Crippen LogP contribution in [0.25, 0.3) is 6.08 Å². The Hall–Kier alpha value is -0.420. The average Bonchev–Trinajstić information content (AvgIpc) is 2.14. The van der Waals surface area contributed by atoms with Gasteiger partial charge >= 0.3 is 6.18 Å². The van der Waals surface area contributed by atoms with Gasteiger partial charge in [-0.25, -0.2) is 0 Å². The second-order valence-corrected chi connectivity index (χ2v) is 4.04. The van der Waals surface area contributed by atoms with Crippen molar-refractivity contribution in [3.8, 4) is 0 Å². The van der Waals surface area contributed by atoms with Crippen molar-refractivity contribution in [2.45, 2.75) is 6.18 Å². The van der Waals surface area contributed by atoms with Gasteiger partial charge in [0, 0.05) is 10.2 Å². The Kier molecular flexibility index (Phi) is 4.28. The molecule has 0 amide bonds. The van der Waals surface area contributed by atoms with E-state index in [1.165, 1.54) is 6.07 Å². The normalized spacial score (nSPS) is 12.3. The molecule has 15 heavy (non-hydrogen) atoms. The van der Waals surface area contributed by atoms with Gasteiger partial charge in [0.15, 0.2) is 0 Å². The van der Waals surface area contributed by atoms with E-state index in [4.69, 9.17) is 0 Å². The van der Waals surface area contributed by atoms with E-state index in [-0.39, 0.29) is 0 Å². The maximum absolute atomic E-state index is 12.3. The van der Waals surface area contributed by atoms with Crippen molar-refractivity contribution in [2.24, 2.45) is 0 Å². The summed E-state index contributed by atoms with van der Waals surface area (Å²) in [6.45, 7) is 0. The number of alkyl halides is 3. The van der Waals surface area contributed by atoms with E-state index in [9.17, 15) is 13.2 Å². The molecule has 0 saturated carbocycles. The zero-order valence-electron chi connectivity index (χ0n) is 7.55. The van der Waals surface area contributed by atoms with Crippen molar-refractivity contribution in [2.75, 3.05) is 5.75 Å². The summed E-state index contributed by atoms with van der Waals surface area (Å²) >= 11 is 7.06. The minimum Gasteiger partial charge on any atom is -0.175 e. The van der Waals surface area contributed by atoms with Gasteiger partial charge in [-0.15, -0.1) is 0 Å². The molecular formula is C10H8BrF3S. The van der Waals surface area contributed by atoms with Crippen LogP contribution >= 0.6 is 28.6 Å². The molecule has 1 aromatic rings. The predicted molar refractivity (Wildman–Crippen MR) is 62.0 cm³/mol. The Balaban J connectivity index is 3.04. The number of hydrogen-bond donors (Lipinski definition) is 1. The lowest BCUT2D eigenvalue weighted by atomic mass is 10.1. The Labute approximate surface area is 99.7 Å². The molecule has 0 aliphatic carbocycles. The van der Waals surface area contributed by atoms with Crippen LogP contribution in [0.1, 0.15) is 11.1 Å². The summed E-state index contributed by atoms with van der Waals surface area (Å²) in [7, 11) is 0. The Morgan fingerprint density at radius 2 is 2.00 bits per heavy atom. The van der Waals surface area contributed by atoms with Crippen LogP contribution in [0.15, 0.2) is 28.7 Å². The smallest absolute Gasteiger partial charge is 0.175 e. The van der Waals surface area contributed by atoms with Crippen molar-refractivity contribution in [3.63, 3.8) is 0 Å². The van der Waals surface area contributed by atoms with Gasteiger partial charge in [-0.05, 0) is 17.7 Å². The standard InChI is InChI=1S/C10H8BrF3S/c11-9-6-8(10(12,13)14)4-3-7(9)2-1-5-15/h1-4,6,15H,5H2. The fourth-order valence-corrected chi connectivity index (χ4v) is 1.63. The van der Waals surface area contributed by atoms with Crippen LogP contribution < -0.4 is 0 Å². The first-order valence-corrected chi connectivity index (χ1v) is 5.52. The fourth-order valence-electron chi connectivity index (χ4n) is 1.02. The van der Waals surface area contributed by atoms with E-state index in [0.717, 1.165) is 12.1 Å². The molecule has 0 radical (unpaired) electrons. The summed E-state index contributed by atoms with van der Waals surface area (Å²) in [5, 5.41) is 0. The second-order valence-electron chi connectivity index (χ2n) is 2.82. The van der Waals surface area contributed by atoms with E-state index in [1.54, 1.807) is 12.2 Å². The molecule has 0 fully saturated rings. The minimum absolute atomic E-state index is 0.426. The van der Waals surface area contributed by atoms with Crippen molar-refractivity contribution in [3.05, 3.63) is 39.9 Å². The van der Waals surface area contributed by atoms with E-state index in [1.807, 2.05) is 0 Å². The second kappa shape index (κ2) is 5.07. The molecule has 0 aliphatic rings. The highest BCUT2D eigenvalue weighted by Crippen LogP contribution is 2.32. The molecule has 1 aromatic carbocycles. The predicted octanol–water partition coefficient (Wildman–Crippen LogP) is 4.41. The summed E-state index contributed by atoms with van der Waals surface area (Å²) < 4.78 is 37.3. The molecule has 0 N–H and O–H groups in total. The highest BCUT2D eigenvalue weighted by molar-refractivity contribution is 9.10. The van der Waals surface area contributed by atoms with Crippen LogP contribution in [0.5, 0.6) is 0 Å². The Bertz CT molecular complexity index is 371. The monoisotopic (exact) mass is 296 g/mol. The molecule has 1 rings (SSSR count). The largest absolute Gasteiger partial charge is 0.416 e. The molecule has 0 spiro atoms. The molecule has 0 atom stereocenters.